The summed E-state index contributed by atoms with van der Waals surface area (Å²) in [6.45, 7) is 2.61. The van der Waals surface area contributed by atoms with Crippen LogP contribution in [0.4, 0.5) is 0 Å². The molecule has 0 aromatic carbocycles. The fourth-order valence-electron chi connectivity index (χ4n) is 2.08. The van der Waals surface area contributed by atoms with Crippen molar-refractivity contribution in [3.05, 3.63) is 0 Å². The van der Waals surface area contributed by atoms with Crippen molar-refractivity contribution < 1.29 is 18.3 Å². The number of carbonyl (C=O) groups is 1. The van der Waals surface area contributed by atoms with E-state index in [9.17, 15) is 13.2 Å². The van der Waals surface area contributed by atoms with E-state index in [1.807, 2.05) is 6.92 Å². The van der Waals surface area contributed by atoms with Gasteiger partial charge in [0.15, 0.2) is 0 Å². The second-order valence-electron chi connectivity index (χ2n) is 4.88. The van der Waals surface area contributed by atoms with Gasteiger partial charge in [0.2, 0.25) is 15.9 Å². The van der Waals surface area contributed by atoms with Gasteiger partial charge in [0.1, 0.15) is 0 Å². The first-order valence-corrected chi connectivity index (χ1v) is 8.05. The maximum atomic E-state index is 11.9. The lowest BCUT2D eigenvalue weighted by atomic mass is 9.98. The third-order valence-corrected chi connectivity index (χ3v) is 4.44. The number of hydrogen-bond donors (Lipinski definition) is 2. The van der Waals surface area contributed by atoms with Crippen molar-refractivity contribution in [3.63, 3.8) is 0 Å². The number of aliphatic hydroxyl groups excluding tert-OH is 1. The molecule has 106 valence electrons. The summed E-state index contributed by atoms with van der Waals surface area (Å²) < 4.78 is 24.2. The topological polar surface area (TPSA) is 86.7 Å². The average Bonchev–Trinajstić information content (AvgIpc) is 2.28. The molecule has 0 radical (unpaired) electrons. The van der Waals surface area contributed by atoms with Crippen molar-refractivity contribution >= 4 is 15.9 Å². The van der Waals surface area contributed by atoms with Gasteiger partial charge in [-0.1, -0.05) is 0 Å². The zero-order chi connectivity index (χ0) is 13.8. The first-order chi connectivity index (χ1) is 8.34. The molecule has 1 saturated heterocycles. The Hall–Kier alpha value is -0.660. The first kappa shape index (κ1) is 15.4. The fourth-order valence-corrected chi connectivity index (χ4v) is 3.00. The zero-order valence-electron chi connectivity index (χ0n) is 10.9. The number of rotatable bonds is 5. The van der Waals surface area contributed by atoms with Crippen LogP contribution in [0.25, 0.3) is 0 Å². The Morgan fingerprint density at radius 1 is 1.56 bits per heavy atom. The van der Waals surface area contributed by atoms with Crippen LogP contribution in [0.2, 0.25) is 0 Å². The summed E-state index contributed by atoms with van der Waals surface area (Å²) in [5.41, 5.74) is 0. The number of nitrogens with zero attached hydrogens (tertiary/aromatic N) is 1. The second-order valence-corrected chi connectivity index (χ2v) is 6.86. The largest absolute Gasteiger partial charge is 0.396 e. The van der Waals surface area contributed by atoms with Crippen LogP contribution in [0.15, 0.2) is 0 Å². The molecule has 0 bridgehead atoms. The van der Waals surface area contributed by atoms with E-state index in [0.29, 0.717) is 25.8 Å². The summed E-state index contributed by atoms with van der Waals surface area (Å²) in [5, 5.41) is 11.6. The van der Waals surface area contributed by atoms with E-state index < -0.39 is 10.0 Å². The van der Waals surface area contributed by atoms with Crippen LogP contribution in [0.1, 0.15) is 26.2 Å². The van der Waals surface area contributed by atoms with Crippen molar-refractivity contribution in [2.24, 2.45) is 5.92 Å². The molecule has 1 rings (SSSR count). The quantitative estimate of drug-likeness (QED) is 0.713. The number of nitrogens with one attached hydrogen (secondary N) is 1. The highest BCUT2D eigenvalue weighted by Crippen LogP contribution is 2.19. The molecule has 0 aromatic heterocycles. The molecule has 1 fully saturated rings. The molecule has 1 heterocycles. The van der Waals surface area contributed by atoms with Crippen LogP contribution < -0.4 is 5.32 Å². The molecule has 6 nitrogen and oxygen atoms in total. The molecule has 2 unspecified atom stereocenters. The maximum absolute atomic E-state index is 11.9. The average molecular weight is 278 g/mol. The Morgan fingerprint density at radius 2 is 2.22 bits per heavy atom. The lowest BCUT2D eigenvalue weighted by Gasteiger charge is -2.30. The Bertz CT molecular complexity index is 383. The second kappa shape index (κ2) is 6.49. The van der Waals surface area contributed by atoms with Gasteiger partial charge in [-0.15, -0.1) is 0 Å². The maximum Gasteiger partial charge on any atom is 0.224 e. The van der Waals surface area contributed by atoms with Gasteiger partial charge in [0, 0.05) is 25.7 Å². The van der Waals surface area contributed by atoms with Gasteiger partial charge in [-0.2, -0.15) is 0 Å². The lowest BCUT2D eigenvalue weighted by molar-refractivity contribution is -0.126. The van der Waals surface area contributed by atoms with Crippen molar-refractivity contribution in [2.45, 2.75) is 32.2 Å². The Balaban J connectivity index is 2.53. The SMILES string of the molecule is CC(CCO)NC(=O)C1CCCN(S(C)(=O)=O)C1. The summed E-state index contributed by atoms with van der Waals surface area (Å²) in [6, 6.07) is -0.0869. The normalized spacial score (nSPS) is 23.6. The van der Waals surface area contributed by atoms with E-state index in [2.05, 4.69) is 5.32 Å². The molecule has 18 heavy (non-hydrogen) atoms. The molecule has 0 aromatic rings. The van der Waals surface area contributed by atoms with Crippen molar-refractivity contribution in [3.8, 4) is 0 Å². The number of sulfonamides is 1. The number of carbonyl (C=O) groups excluding carboxylic acids is 1. The molecular weight excluding hydrogens is 256 g/mol. The van der Waals surface area contributed by atoms with E-state index >= 15 is 0 Å². The van der Waals surface area contributed by atoms with E-state index in [4.69, 9.17) is 5.11 Å². The number of hydrogen-bond acceptors (Lipinski definition) is 4. The van der Waals surface area contributed by atoms with Gasteiger partial charge in [0.25, 0.3) is 0 Å². The smallest absolute Gasteiger partial charge is 0.224 e. The Labute approximate surface area is 108 Å². The van der Waals surface area contributed by atoms with Crippen molar-refractivity contribution in [1.29, 1.82) is 0 Å². The minimum atomic E-state index is -3.22. The predicted molar refractivity (Wildman–Crippen MR) is 68.4 cm³/mol. The monoisotopic (exact) mass is 278 g/mol. The molecule has 1 aliphatic rings. The lowest BCUT2D eigenvalue weighted by Crippen LogP contribution is -2.46. The van der Waals surface area contributed by atoms with Crippen LogP contribution in [-0.2, 0) is 14.8 Å². The van der Waals surface area contributed by atoms with Crippen molar-refractivity contribution in [1.82, 2.24) is 9.62 Å². The van der Waals surface area contributed by atoms with Crippen LogP contribution in [-0.4, -0.2) is 55.7 Å². The summed E-state index contributed by atoms with van der Waals surface area (Å²) in [6.07, 6.45) is 3.10. The van der Waals surface area contributed by atoms with E-state index in [-0.39, 0.29) is 31.0 Å². The van der Waals surface area contributed by atoms with Gasteiger partial charge in [-0.3, -0.25) is 4.79 Å². The van der Waals surface area contributed by atoms with E-state index in [1.54, 1.807) is 0 Å². The molecular formula is C11H22N2O4S. The first-order valence-electron chi connectivity index (χ1n) is 6.21. The highest BCUT2D eigenvalue weighted by Gasteiger charge is 2.30. The standard InChI is InChI=1S/C11H22N2O4S/c1-9(5-7-14)12-11(15)10-4-3-6-13(8-10)18(2,16)17/h9-10,14H,3-8H2,1-2H3,(H,12,15). The number of piperidine rings is 1. The summed E-state index contributed by atoms with van der Waals surface area (Å²) in [7, 11) is -3.22. The van der Waals surface area contributed by atoms with Gasteiger partial charge in [0.05, 0.1) is 12.2 Å². The number of aliphatic hydroxyl groups is 1. The van der Waals surface area contributed by atoms with Crippen LogP contribution in [0.5, 0.6) is 0 Å². The van der Waals surface area contributed by atoms with Crippen LogP contribution in [0.3, 0.4) is 0 Å². The molecule has 2 N–H and O–H groups in total. The third-order valence-electron chi connectivity index (χ3n) is 3.17. The highest BCUT2D eigenvalue weighted by atomic mass is 32.2. The highest BCUT2D eigenvalue weighted by molar-refractivity contribution is 7.88. The summed E-state index contributed by atoms with van der Waals surface area (Å²) in [5.74, 6) is -0.404. The van der Waals surface area contributed by atoms with E-state index in [1.165, 1.54) is 10.6 Å². The zero-order valence-corrected chi connectivity index (χ0v) is 11.7. The van der Waals surface area contributed by atoms with Gasteiger partial charge >= 0.3 is 0 Å². The molecule has 0 spiro atoms. The van der Waals surface area contributed by atoms with E-state index in [0.717, 1.165) is 0 Å². The Morgan fingerprint density at radius 3 is 2.78 bits per heavy atom. The molecule has 2 atom stereocenters. The van der Waals surface area contributed by atoms with Gasteiger partial charge < -0.3 is 10.4 Å². The minimum absolute atomic E-state index is 0.0293. The molecule has 1 amide bonds. The van der Waals surface area contributed by atoms with Crippen LogP contribution in [0, 0.1) is 5.92 Å². The minimum Gasteiger partial charge on any atom is -0.396 e. The molecule has 0 saturated carbocycles. The Kier molecular flexibility index (Phi) is 5.55. The van der Waals surface area contributed by atoms with Crippen LogP contribution >= 0.6 is 0 Å². The summed E-state index contributed by atoms with van der Waals surface area (Å²) >= 11 is 0. The number of amides is 1. The molecule has 1 aliphatic heterocycles. The fraction of sp³-hybridized carbons (Fsp3) is 0.909. The predicted octanol–water partition coefficient (Wildman–Crippen LogP) is -0.455. The van der Waals surface area contributed by atoms with Crippen molar-refractivity contribution in [2.75, 3.05) is 26.0 Å². The molecule has 7 heteroatoms. The molecule has 0 aliphatic carbocycles. The summed E-state index contributed by atoms with van der Waals surface area (Å²) in [4.78, 5) is 11.9. The van der Waals surface area contributed by atoms with Gasteiger partial charge in [-0.25, -0.2) is 12.7 Å². The van der Waals surface area contributed by atoms with Gasteiger partial charge in [-0.05, 0) is 26.2 Å². The third kappa shape index (κ3) is 4.55.